The fraction of sp³-hybridized carbons (Fsp3) is 0.706. The van der Waals surface area contributed by atoms with Crippen molar-refractivity contribution >= 4 is 5.97 Å². The fourth-order valence-corrected chi connectivity index (χ4v) is 3.79. The molecule has 0 aromatic heterocycles. The molecule has 1 aliphatic heterocycles. The predicted octanol–water partition coefficient (Wildman–Crippen LogP) is 2.21. The summed E-state index contributed by atoms with van der Waals surface area (Å²) in [5, 5.41) is 19.0. The van der Waals surface area contributed by atoms with Gasteiger partial charge >= 0.3 is 5.97 Å². The van der Waals surface area contributed by atoms with E-state index in [1.165, 1.54) is 5.57 Å². The zero-order valence-corrected chi connectivity index (χ0v) is 13.0. The van der Waals surface area contributed by atoms with E-state index in [-0.39, 0.29) is 24.5 Å². The van der Waals surface area contributed by atoms with Crippen LogP contribution in [-0.4, -0.2) is 35.5 Å². The van der Waals surface area contributed by atoms with E-state index in [9.17, 15) is 15.0 Å². The molecule has 1 heterocycles. The first-order valence-electron chi connectivity index (χ1n) is 7.71. The van der Waals surface area contributed by atoms with Crippen molar-refractivity contribution < 1.29 is 19.7 Å². The molecule has 2 rings (SSSR count). The molecule has 3 atom stereocenters. The summed E-state index contributed by atoms with van der Waals surface area (Å²) in [7, 11) is 0. The number of aliphatic hydroxyl groups is 2. The minimum absolute atomic E-state index is 0.0303. The van der Waals surface area contributed by atoms with Gasteiger partial charge in [-0.3, -0.25) is 0 Å². The molecule has 0 amide bonds. The topological polar surface area (TPSA) is 66.8 Å². The molecule has 0 bridgehead atoms. The van der Waals surface area contributed by atoms with E-state index in [0.717, 1.165) is 19.3 Å². The summed E-state index contributed by atoms with van der Waals surface area (Å²) in [4.78, 5) is 11.6. The highest BCUT2D eigenvalue weighted by molar-refractivity contribution is 5.91. The molecule has 4 nitrogen and oxygen atoms in total. The van der Waals surface area contributed by atoms with Gasteiger partial charge < -0.3 is 14.9 Å². The monoisotopic (exact) mass is 294 g/mol. The van der Waals surface area contributed by atoms with Gasteiger partial charge in [-0.15, -0.1) is 0 Å². The highest BCUT2D eigenvalue weighted by atomic mass is 16.6. The molecule has 118 valence electrons. The lowest BCUT2D eigenvalue weighted by Crippen LogP contribution is -2.38. The molecule has 0 aromatic rings. The molecular formula is C17H26O4. The second-order valence-corrected chi connectivity index (χ2v) is 6.79. The maximum atomic E-state index is 11.6. The lowest BCUT2D eigenvalue weighted by atomic mass is 9.59. The number of aliphatic hydroxyl groups excluding tert-OH is 2. The van der Waals surface area contributed by atoms with Crippen LogP contribution in [0.1, 0.15) is 39.5 Å². The van der Waals surface area contributed by atoms with Gasteiger partial charge in [0.25, 0.3) is 0 Å². The molecule has 2 N–H and O–H groups in total. The Hall–Kier alpha value is -1.13. The number of allylic oxidation sites excluding steroid dienone is 2. The summed E-state index contributed by atoms with van der Waals surface area (Å²) in [6.07, 6.45) is 4.54. The molecule has 1 saturated heterocycles. The van der Waals surface area contributed by atoms with Crippen LogP contribution in [0.3, 0.4) is 0 Å². The molecule has 2 aliphatic rings. The second-order valence-electron chi connectivity index (χ2n) is 6.79. The third kappa shape index (κ3) is 3.22. The minimum atomic E-state index is -0.800. The SMILES string of the molecule is C=C1CC[C@@H](CCO)C(C)(C)[C@H]1C/C=C1/C(=O)OC[C@@H]1O. The summed E-state index contributed by atoms with van der Waals surface area (Å²) in [5.41, 5.74) is 1.61. The number of ether oxygens (including phenoxy) is 1. The van der Waals surface area contributed by atoms with E-state index in [2.05, 4.69) is 20.4 Å². The van der Waals surface area contributed by atoms with Crippen molar-refractivity contribution in [2.24, 2.45) is 17.3 Å². The van der Waals surface area contributed by atoms with Gasteiger partial charge in [0.15, 0.2) is 0 Å². The van der Waals surface area contributed by atoms with Crippen molar-refractivity contribution in [2.75, 3.05) is 13.2 Å². The maximum absolute atomic E-state index is 11.6. The molecule has 4 heteroatoms. The molecular weight excluding hydrogens is 268 g/mol. The van der Waals surface area contributed by atoms with Gasteiger partial charge in [-0.25, -0.2) is 4.79 Å². The summed E-state index contributed by atoms with van der Waals surface area (Å²) in [6.45, 7) is 8.89. The third-order valence-corrected chi connectivity index (χ3v) is 5.28. The molecule has 1 saturated carbocycles. The summed E-state index contributed by atoms with van der Waals surface area (Å²) >= 11 is 0. The van der Waals surface area contributed by atoms with Crippen LogP contribution < -0.4 is 0 Å². The smallest absolute Gasteiger partial charge is 0.336 e. The lowest BCUT2D eigenvalue weighted by molar-refractivity contribution is -0.135. The van der Waals surface area contributed by atoms with Crippen molar-refractivity contribution in [3.05, 3.63) is 23.8 Å². The standard InChI is InChI=1S/C17H26O4/c1-11-4-5-12(8-9-18)17(2,3)14(11)7-6-13-15(19)10-21-16(13)20/h6,12,14-15,18-19H,1,4-5,7-10H2,2-3H3/b13-6+/t12-,14-,15-/m0/s1. The van der Waals surface area contributed by atoms with Gasteiger partial charge in [0.1, 0.15) is 12.7 Å². The number of carbonyl (C=O) groups excluding carboxylic acids is 1. The largest absolute Gasteiger partial charge is 0.459 e. The highest BCUT2D eigenvalue weighted by Crippen LogP contribution is 2.50. The van der Waals surface area contributed by atoms with Crippen molar-refractivity contribution in [3.63, 3.8) is 0 Å². The number of hydrogen-bond acceptors (Lipinski definition) is 4. The Labute approximate surface area is 126 Å². The lowest BCUT2D eigenvalue weighted by Gasteiger charge is -2.46. The molecule has 0 aromatic carbocycles. The van der Waals surface area contributed by atoms with Gasteiger partial charge in [-0.1, -0.05) is 32.1 Å². The van der Waals surface area contributed by atoms with Crippen LogP contribution in [0.4, 0.5) is 0 Å². The van der Waals surface area contributed by atoms with E-state index in [1.54, 1.807) is 0 Å². The predicted molar refractivity (Wildman–Crippen MR) is 80.5 cm³/mol. The maximum Gasteiger partial charge on any atom is 0.336 e. The van der Waals surface area contributed by atoms with Crippen LogP contribution in [0.5, 0.6) is 0 Å². The third-order valence-electron chi connectivity index (χ3n) is 5.28. The van der Waals surface area contributed by atoms with Gasteiger partial charge in [-0.2, -0.15) is 0 Å². The molecule has 21 heavy (non-hydrogen) atoms. The fourth-order valence-electron chi connectivity index (χ4n) is 3.79. The average Bonchev–Trinajstić information content (AvgIpc) is 2.73. The minimum Gasteiger partial charge on any atom is -0.459 e. The Kier molecular flexibility index (Phi) is 4.89. The van der Waals surface area contributed by atoms with Crippen LogP contribution in [0.15, 0.2) is 23.8 Å². The van der Waals surface area contributed by atoms with Crippen molar-refractivity contribution in [1.29, 1.82) is 0 Å². The molecule has 0 spiro atoms. The van der Waals surface area contributed by atoms with Crippen LogP contribution >= 0.6 is 0 Å². The van der Waals surface area contributed by atoms with E-state index in [0.29, 0.717) is 17.9 Å². The van der Waals surface area contributed by atoms with Crippen LogP contribution in [0.25, 0.3) is 0 Å². The highest BCUT2D eigenvalue weighted by Gasteiger charge is 2.41. The van der Waals surface area contributed by atoms with Crippen molar-refractivity contribution in [3.8, 4) is 0 Å². The zero-order valence-electron chi connectivity index (χ0n) is 13.0. The van der Waals surface area contributed by atoms with Gasteiger partial charge in [-0.05, 0) is 42.9 Å². The Balaban J connectivity index is 2.14. The molecule has 0 unspecified atom stereocenters. The van der Waals surface area contributed by atoms with Crippen LogP contribution in [0, 0.1) is 17.3 Å². The summed E-state index contributed by atoms with van der Waals surface area (Å²) < 4.78 is 4.84. The van der Waals surface area contributed by atoms with E-state index < -0.39 is 12.1 Å². The van der Waals surface area contributed by atoms with Gasteiger partial charge in [0.2, 0.25) is 0 Å². The summed E-state index contributed by atoms with van der Waals surface area (Å²) in [6, 6.07) is 0. The van der Waals surface area contributed by atoms with Crippen molar-refractivity contribution in [2.45, 2.75) is 45.6 Å². The first kappa shape index (κ1) is 16.2. The molecule has 0 radical (unpaired) electrons. The Morgan fingerprint density at radius 1 is 1.48 bits per heavy atom. The van der Waals surface area contributed by atoms with Gasteiger partial charge in [0.05, 0.1) is 5.57 Å². The number of esters is 1. The van der Waals surface area contributed by atoms with Crippen LogP contribution in [0.2, 0.25) is 0 Å². The van der Waals surface area contributed by atoms with Crippen molar-refractivity contribution in [1.82, 2.24) is 0 Å². The average molecular weight is 294 g/mol. The number of rotatable bonds is 4. The van der Waals surface area contributed by atoms with E-state index >= 15 is 0 Å². The number of cyclic esters (lactones) is 1. The first-order valence-corrected chi connectivity index (χ1v) is 7.71. The molecule has 1 aliphatic carbocycles. The normalized spacial score (nSPS) is 34.3. The first-order chi connectivity index (χ1) is 9.87. The Morgan fingerprint density at radius 2 is 2.19 bits per heavy atom. The Bertz CT molecular complexity index is 450. The Morgan fingerprint density at radius 3 is 2.76 bits per heavy atom. The van der Waals surface area contributed by atoms with Crippen LogP contribution in [-0.2, 0) is 9.53 Å². The quantitative estimate of drug-likeness (QED) is 0.474. The van der Waals surface area contributed by atoms with E-state index in [4.69, 9.17) is 4.74 Å². The van der Waals surface area contributed by atoms with Gasteiger partial charge in [0, 0.05) is 6.61 Å². The number of hydrogen-bond donors (Lipinski definition) is 2. The number of carbonyl (C=O) groups is 1. The second kappa shape index (κ2) is 6.32. The molecule has 2 fully saturated rings. The van der Waals surface area contributed by atoms with E-state index in [1.807, 2.05) is 6.08 Å². The zero-order chi connectivity index (χ0) is 15.6. The summed E-state index contributed by atoms with van der Waals surface area (Å²) in [5.74, 6) is 0.307.